The number of nitrogens with one attached hydrogen (secondary N) is 1. The Kier molecular flexibility index (Phi) is 4.81. The van der Waals surface area contributed by atoms with Gasteiger partial charge in [-0.15, -0.1) is 0 Å². The molecule has 2 aliphatic heterocycles. The van der Waals surface area contributed by atoms with Crippen molar-refractivity contribution in [2.24, 2.45) is 10.2 Å². The molecule has 0 unspecified atom stereocenters. The van der Waals surface area contributed by atoms with E-state index < -0.39 is 0 Å². The normalized spacial score (nSPS) is 17.1. The van der Waals surface area contributed by atoms with Crippen LogP contribution < -0.4 is 10.2 Å². The van der Waals surface area contributed by atoms with Gasteiger partial charge in [-0.25, -0.2) is 4.98 Å². The number of hydrogen-bond donors (Lipinski definition) is 1. The van der Waals surface area contributed by atoms with Crippen molar-refractivity contribution in [2.45, 2.75) is 13.3 Å². The van der Waals surface area contributed by atoms with Gasteiger partial charge in [-0.05, 0) is 24.6 Å². The van der Waals surface area contributed by atoms with Crippen molar-refractivity contribution >= 4 is 40.5 Å². The molecule has 2 aromatic rings. The van der Waals surface area contributed by atoms with Crippen molar-refractivity contribution in [3.8, 4) is 0 Å². The molecule has 3 heterocycles. The monoisotopic (exact) mass is 370 g/mol. The zero-order valence-corrected chi connectivity index (χ0v) is 15.2. The van der Waals surface area contributed by atoms with Gasteiger partial charge in [0.05, 0.1) is 18.9 Å². The molecular formula is C18H19ClN6O. The molecule has 0 bridgehead atoms. The van der Waals surface area contributed by atoms with Gasteiger partial charge in [0.2, 0.25) is 5.95 Å². The van der Waals surface area contributed by atoms with Crippen LogP contribution in [0.1, 0.15) is 18.9 Å². The van der Waals surface area contributed by atoms with Crippen molar-refractivity contribution < 1.29 is 4.74 Å². The van der Waals surface area contributed by atoms with E-state index in [9.17, 15) is 0 Å². The summed E-state index contributed by atoms with van der Waals surface area (Å²) in [6, 6.07) is 9.77. The van der Waals surface area contributed by atoms with Gasteiger partial charge in [-0.3, -0.25) is 0 Å². The molecular weight excluding hydrogens is 352 g/mol. The predicted octanol–water partition coefficient (Wildman–Crippen LogP) is 3.28. The molecule has 0 saturated carbocycles. The Morgan fingerprint density at radius 3 is 2.54 bits per heavy atom. The summed E-state index contributed by atoms with van der Waals surface area (Å²) in [5.41, 5.74) is 4.03. The molecule has 0 amide bonds. The van der Waals surface area contributed by atoms with E-state index in [1.54, 1.807) is 6.07 Å². The first kappa shape index (κ1) is 16.9. The molecule has 134 valence electrons. The maximum Gasteiger partial charge on any atom is 0.228 e. The van der Waals surface area contributed by atoms with Crippen LogP contribution in [0.25, 0.3) is 0 Å². The van der Waals surface area contributed by atoms with Gasteiger partial charge >= 0.3 is 0 Å². The van der Waals surface area contributed by atoms with Gasteiger partial charge in [-0.2, -0.15) is 15.2 Å². The molecule has 2 aliphatic rings. The summed E-state index contributed by atoms with van der Waals surface area (Å²) in [6.45, 7) is 4.85. The molecule has 0 spiro atoms. The van der Waals surface area contributed by atoms with E-state index in [-0.39, 0.29) is 0 Å². The molecule has 1 N–H and O–H groups in total. The third-order valence-corrected chi connectivity index (χ3v) is 4.43. The second-order valence-electron chi connectivity index (χ2n) is 6.24. The van der Waals surface area contributed by atoms with E-state index in [0.29, 0.717) is 30.1 Å². The lowest BCUT2D eigenvalue weighted by Crippen LogP contribution is -2.37. The zero-order valence-electron chi connectivity index (χ0n) is 14.4. The second-order valence-corrected chi connectivity index (χ2v) is 6.62. The van der Waals surface area contributed by atoms with Crippen LogP contribution in [0.4, 0.5) is 17.5 Å². The van der Waals surface area contributed by atoms with E-state index in [0.717, 1.165) is 42.2 Å². The predicted molar refractivity (Wildman–Crippen MR) is 104 cm³/mol. The molecule has 1 aromatic carbocycles. The standard InChI is InChI=1S/C18H19ClN6O/c1-12-10-15(24-23-12)13-2-4-14(5-3-13)20-17-11-16(19)21-18(22-17)25-6-8-26-9-7-25/h2-5,11H,6-10H2,1H3,(H,20,21,22). The van der Waals surface area contributed by atoms with E-state index in [4.69, 9.17) is 16.3 Å². The van der Waals surface area contributed by atoms with E-state index >= 15 is 0 Å². The lowest BCUT2D eigenvalue weighted by Gasteiger charge is -2.27. The van der Waals surface area contributed by atoms with Crippen LogP contribution in [0.5, 0.6) is 0 Å². The van der Waals surface area contributed by atoms with Gasteiger partial charge in [0.25, 0.3) is 0 Å². The van der Waals surface area contributed by atoms with Crippen LogP contribution in [0.3, 0.4) is 0 Å². The summed E-state index contributed by atoms with van der Waals surface area (Å²) in [7, 11) is 0. The van der Waals surface area contributed by atoms with Crippen molar-refractivity contribution in [1.82, 2.24) is 9.97 Å². The number of nitrogens with zero attached hydrogens (tertiary/aromatic N) is 5. The molecule has 0 atom stereocenters. The van der Waals surface area contributed by atoms with Crippen LogP contribution in [0.2, 0.25) is 5.15 Å². The Balaban J connectivity index is 1.49. The van der Waals surface area contributed by atoms with Crippen LogP contribution in [0.15, 0.2) is 40.5 Å². The number of anilines is 3. The smallest absolute Gasteiger partial charge is 0.228 e. The third kappa shape index (κ3) is 3.84. The first-order valence-corrected chi connectivity index (χ1v) is 8.90. The number of aromatic nitrogens is 2. The highest BCUT2D eigenvalue weighted by Gasteiger charge is 2.16. The molecule has 0 radical (unpaired) electrons. The van der Waals surface area contributed by atoms with Gasteiger partial charge < -0.3 is 15.0 Å². The highest BCUT2D eigenvalue weighted by Crippen LogP contribution is 2.22. The second kappa shape index (κ2) is 7.39. The summed E-state index contributed by atoms with van der Waals surface area (Å²) in [5.74, 6) is 1.28. The number of morpholine rings is 1. The van der Waals surface area contributed by atoms with Gasteiger partial charge in [0, 0.05) is 37.0 Å². The Morgan fingerprint density at radius 1 is 1.08 bits per heavy atom. The fourth-order valence-electron chi connectivity index (χ4n) is 2.89. The minimum absolute atomic E-state index is 0.411. The molecule has 1 fully saturated rings. The molecule has 1 saturated heterocycles. The highest BCUT2D eigenvalue weighted by atomic mass is 35.5. The molecule has 1 aromatic heterocycles. The molecule has 7 nitrogen and oxygen atoms in total. The number of rotatable bonds is 4. The molecule has 4 rings (SSSR count). The van der Waals surface area contributed by atoms with Crippen molar-refractivity contribution in [1.29, 1.82) is 0 Å². The maximum atomic E-state index is 6.18. The topological polar surface area (TPSA) is 75.0 Å². The van der Waals surface area contributed by atoms with Crippen molar-refractivity contribution in [2.75, 3.05) is 36.5 Å². The van der Waals surface area contributed by atoms with Gasteiger partial charge in [0.15, 0.2) is 0 Å². The van der Waals surface area contributed by atoms with E-state index in [1.807, 2.05) is 31.2 Å². The van der Waals surface area contributed by atoms with Gasteiger partial charge in [0.1, 0.15) is 11.0 Å². The maximum absolute atomic E-state index is 6.18. The lowest BCUT2D eigenvalue weighted by molar-refractivity contribution is 0.122. The first-order chi connectivity index (χ1) is 12.7. The summed E-state index contributed by atoms with van der Waals surface area (Å²) >= 11 is 6.18. The summed E-state index contributed by atoms with van der Waals surface area (Å²) in [5, 5.41) is 12.0. The summed E-state index contributed by atoms with van der Waals surface area (Å²) < 4.78 is 5.37. The van der Waals surface area contributed by atoms with Crippen LogP contribution >= 0.6 is 11.6 Å². The summed E-state index contributed by atoms with van der Waals surface area (Å²) in [4.78, 5) is 11.0. The van der Waals surface area contributed by atoms with Crippen molar-refractivity contribution in [3.05, 3.63) is 41.0 Å². The Hall–Kier alpha value is -2.51. The first-order valence-electron chi connectivity index (χ1n) is 8.52. The average molecular weight is 371 g/mol. The highest BCUT2D eigenvalue weighted by molar-refractivity contribution is 6.29. The van der Waals surface area contributed by atoms with Crippen molar-refractivity contribution in [3.63, 3.8) is 0 Å². The van der Waals surface area contributed by atoms with Gasteiger partial charge in [-0.1, -0.05) is 23.7 Å². The van der Waals surface area contributed by atoms with E-state index in [2.05, 4.69) is 30.4 Å². The SMILES string of the molecule is CC1=NN=C(c2ccc(Nc3cc(Cl)nc(N4CCOCC4)n3)cc2)C1. The fourth-order valence-corrected chi connectivity index (χ4v) is 3.07. The Morgan fingerprint density at radius 2 is 1.85 bits per heavy atom. The average Bonchev–Trinajstić information content (AvgIpc) is 3.09. The zero-order chi connectivity index (χ0) is 17.9. The molecule has 8 heteroatoms. The number of hydrogen-bond acceptors (Lipinski definition) is 7. The fraction of sp³-hybridized carbons (Fsp3) is 0.333. The van der Waals surface area contributed by atoms with Crippen LogP contribution in [-0.2, 0) is 4.74 Å². The quantitative estimate of drug-likeness (QED) is 0.836. The largest absolute Gasteiger partial charge is 0.378 e. The minimum atomic E-state index is 0.411. The summed E-state index contributed by atoms with van der Waals surface area (Å²) in [6.07, 6.45) is 0.803. The van der Waals surface area contributed by atoms with E-state index in [1.165, 1.54) is 0 Å². The Labute approximate surface area is 156 Å². The number of ether oxygens (including phenoxy) is 1. The number of benzene rings is 1. The third-order valence-electron chi connectivity index (χ3n) is 4.23. The number of halogens is 1. The van der Waals surface area contributed by atoms with Crippen LogP contribution in [-0.4, -0.2) is 47.7 Å². The molecule has 0 aliphatic carbocycles. The van der Waals surface area contributed by atoms with Crippen LogP contribution in [0, 0.1) is 0 Å². The minimum Gasteiger partial charge on any atom is -0.378 e. The molecule has 26 heavy (non-hydrogen) atoms. The Bertz CT molecular complexity index is 858. The lowest BCUT2D eigenvalue weighted by atomic mass is 10.1.